The minimum absolute atomic E-state index is 0.00724. The summed E-state index contributed by atoms with van der Waals surface area (Å²) >= 11 is 0. The first-order chi connectivity index (χ1) is 14.0. The normalized spacial score (nSPS) is 26.4. The Bertz CT molecular complexity index is 793. The van der Waals surface area contributed by atoms with Gasteiger partial charge in [-0.05, 0) is 31.0 Å². The van der Waals surface area contributed by atoms with Crippen LogP contribution in [0.2, 0.25) is 0 Å². The number of nitrogens with one attached hydrogen (secondary N) is 2. The van der Waals surface area contributed by atoms with Crippen LogP contribution in [-0.4, -0.2) is 54.0 Å². The van der Waals surface area contributed by atoms with Crippen molar-refractivity contribution >= 4 is 5.95 Å². The Morgan fingerprint density at radius 2 is 1.72 bits per heavy atom. The lowest BCUT2D eigenvalue weighted by atomic mass is 9.92. The largest absolute Gasteiger partial charge is 0.371 e. The van der Waals surface area contributed by atoms with Gasteiger partial charge in [0.2, 0.25) is 5.95 Å². The minimum Gasteiger partial charge on any atom is -0.371 e. The van der Waals surface area contributed by atoms with Crippen molar-refractivity contribution in [3.8, 4) is 0 Å². The molecule has 0 unspecified atom stereocenters. The summed E-state index contributed by atoms with van der Waals surface area (Å²) < 4.78 is 12.2. The van der Waals surface area contributed by atoms with Crippen molar-refractivity contribution in [2.75, 3.05) is 25.1 Å². The molecule has 3 heterocycles. The zero-order valence-electron chi connectivity index (χ0n) is 17.6. The third-order valence-electron chi connectivity index (χ3n) is 5.68. The second-order valence-electron chi connectivity index (χ2n) is 9.01. The van der Waals surface area contributed by atoms with Gasteiger partial charge in [-0.15, -0.1) is 0 Å². The van der Waals surface area contributed by atoms with Crippen LogP contribution < -0.4 is 10.6 Å². The zero-order chi connectivity index (χ0) is 20.3. The fourth-order valence-corrected chi connectivity index (χ4v) is 4.03. The number of hydrogen-bond donors (Lipinski definition) is 2. The van der Waals surface area contributed by atoms with Crippen molar-refractivity contribution in [1.29, 1.82) is 0 Å². The van der Waals surface area contributed by atoms with E-state index in [2.05, 4.69) is 71.7 Å². The van der Waals surface area contributed by atoms with Crippen LogP contribution in [0.4, 0.5) is 5.95 Å². The summed E-state index contributed by atoms with van der Waals surface area (Å²) in [5, 5.41) is 7.06. The van der Waals surface area contributed by atoms with Gasteiger partial charge in [-0.3, -0.25) is 0 Å². The topological polar surface area (TPSA) is 68.3 Å². The third-order valence-corrected chi connectivity index (χ3v) is 5.68. The van der Waals surface area contributed by atoms with Gasteiger partial charge in [0.25, 0.3) is 0 Å². The molecule has 0 spiro atoms. The number of hydrogen-bond acceptors (Lipinski definition) is 6. The fraction of sp³-hybridized carbons (Fsp3) is 0.565. The molecular formula is C23H32N4O2. The molecule has 6 nitrogen and oxygen atoms in total. The first-order valence-corrected chi connectivity index (χ1v) is 10.6. The van der Waals surface area contributed by atoms with E-state index in [0.717, 1.165) is 25.1 Å². The number of rotatable bonds is 7. The second-order valence-corrected chi connectivity index (χ2v) is 9.01. The van der Waals surface area contributed by atoms with Crippen molar-refractivity contribution in [3.05, 3.63) is 53.9 Å². The number of fused-ring (bicyclic) bond motifs is 1. The van der Waals surface area contributed by atoms with Gasteiger partial charge < -0.3 is 20.1 Å². The molecule has 1 aromatic carbocycles. The Morgan fingerprint density at radius 1 is 1.00 bits per heavy atom. The number of aryl methyl sites for hydroxylation is 1. The molecule has 0 amide bonds. The molecule has 6 heteroatoms. The average Bonchev–Trinajstić information content (AvgIpc) is 3.29. The molecule has 156 valence electrons. The van der Waals surface area contributed by atoms with Gasteiger partial charge in [-0.1, -0.05) is 51.1 Å². The van der Waals surface area contributed by atoms with E-state index in [1.165, 1.54) is 5.56 Å². The maximum atomic E-state index is 6.08. The lowest BCUT2D eigenvalue weighted by Crippen LogP contribution is -2.42. The Labute approximate surface area is 173 Å². The highest BCUT2D eigenvalue weighted by Crippen LogP contribution is 2.29. The Balaban J connectivity index is 1.27. The van der Waals surface area contributed by atoms with Crippen molar-refractivity contribution in [1.82, 2.24) is 15.3 Å². The predicted octanol–water partition coefficient (Wildman–Crippen LogP) is 2.94. The van der Waals surface area contributed by atoms with E-state index in [1.807, 2.05) is 12.3 Å². The summed E-state index contributed by atoms with van der Waals surface area (Å²) in [7, 11) is 0. The highest BCUT2D eigenvalue weighted by molar-refractivity contribution is 5.30. The third kappa shape index (κ3) is 4.94. The number of benzene rings is 1. The number of anilines is 1. The molecule has 1 aromatic heterocycles. The highest BCUT2D eigenvalue weighted by atomic mass is 16.6. The molecular weight excluding hydrogens is 364 g/mol. The number of nitrogens with zero attached hydrogens (tertiary/aromatic N) is 2. The number of ether oxygens (including phenoxy) is 2. The molecule has 4 atom stereocenters. The average molecular weight is 397 g/mol. The van der Waals surface area contributed by atoms with Gasteiger partial charge >= 0.3 is 0 Å². The van der Waals surface area contributed by atoms with Crippen LogP contribution in [0.5, 0.6) is 0 Å². The summed E-state index contributed by atoms with van der Waals surface area (Å²) in [5.74, 6) is 0.648. The molecule has 2 fully saturated rings. The molecule has 2 saturated heterocycles. The van der Waals surface area contributed by atoms with E-state index >= 15 is 0 Å². The van der Waals surface area contributed by atoms with Gasteiger partial charge in [0.15, 0.2) is 0 Å². The van der Waals surface area contributed by atoms with Crippen LogP contribution in [0, 0.1) is 0 Å². The van der Waals surface area contributed by atoms with Crippen LogP contribution in [0.3, 0.4) is 0 Å². The van der Waals surface area contributed by atoms with Crippen LogP contribution in [0.15, 0.2) is 42.6 Å². The maximum absolute atomic E-state index is 6.08. The molecule has 2 aliphatic heterocycles. The lowest BCUT2D eigenvalue weighted by Gasteiger charge is -2.21. The fourth-order valence-electron chi connectivity index (χ4n) is 4.03. The monoisotopic (exact) mass is 396 g/mol. The molecule has 0 radical (unpaired) electrons. The van der Waals surface area contributed by atoms with Gasteiger partial charge in [0.05, 0.1) is 31.0 Å². The van der Waals surface area contributed by atoms with E-state index in [0.29, 0.717) is 19.2 Å². The quantitative estimate of drug-likeness (QED) is 0.702. The molecule has 0 bridgehead atoms. The van der Waals surface area contributed by atoms with E-state index in [4.69, 9.17) is 9.47 Å². The Morgan fingerprint density at radius 3 is 2.48 bits per heavy atom. The first kappa shape index (κ1) is 20.3. The summed E-state index contributed by atoms with van der Waals surface area (Å²) in [6, 6.07) is 12.9. The highest BCUT2D eigenvalue weighted by Gasteiger charge is 2.47. The molecule has 4 rings (SSSR count). The van der Waals surface area contributed by atoms with Crippen LogP contribution >= 0.6 is 0 Å². The first-order valence-electron chi connectivity index (χ1n) is 10.6. The molecule has 2 N–H and O–H groups in total. The van der Waals surface area contributed by atoms with Crippen molar-refractivity contribution in [2.24, 2.45) is 0 Å². The summed E-state index contributed by atoms with van der Waals surface area (Å²) in [4.78, 5) is 9.07. The van der Waals surface area contributed by atoms with Crippen LogP contribution in [0.1, 0.15) is 38.4 Å². The second kappa shape index (κ2) is 8.78. The zero-order valence-corrected chi connectivity index (χ0v) is 17.6. The van der Waals surface area contributed by atoms with E-state index < -0.39 is 0 Å². The van der Waals surface area contributed by atoms with E-state index in [9.17, 15) is 0 Å². The van der Waals surface area contributed by atoms with Crippen LogP contribution in [0.25, 0.3) is 0 Å². The SMILES string of the molecule is CC(C)(C)c1ccnc(N[C@@H]2CO[C@@H]3[C@@H]2OC[C@@H]3NCCCc2ccccc2)n1. The molecule has 0 saturated carbocycles. The van der Waals surface area contributed by atoms with Gasteiger partial charge in [-0.2, -0.15) is 0 Å². The van der Waals surface area contributed by atoms with Crippen molar-refractivity contribution in [2.45, 2.75) is 63.3 Å². The molecule has 29 heavy (non-hydrogen) atoms. The predicted molar refractivity (Wildman–Crippen MR) is 114 cm³/mol. The molecule has 2 aliphatic rings. The van der Waals surface area contributed by atoms with Gasteiger partial charge in [0.1, 0.15) is 12.2 Å². The Hall–Kier alpha value is -2.02. The lowest BCUT2D eigenvalue weighted by molar-refractivity contribution is 0.0676. The van der Waals surface area contributed by atoms with Crippen LogP contribution in [-0.2, 0) is 21.3 Å². The summed E-state index contributed by atoms with van der Waals surface area (Å²) in [6.07, 6.45) is 4.11. The standard InChI is InChI=1S/C23H32N4O2/c1-23(2,3)19-11-13-25-22(27-19)26-18-15-29-20-17(14-28-21(18)20)24-12-7-10-16-8-5-4-6-9-16/h4-6,8-9,11,13,17-18,20-21,24H,7,10,12,14-15H2,1-3H3,(H,25,26,27)/t17-,18+,20-,21+/m0/s1. The number of aromatic nitrogens is 2. The van der Waals surface area contributed by atoms with Crippen molar-refractivity contribution in [3.63, 3.8) is 0 Å². The smallest absolute Gasteiger partial charge is 0.223 e. The van der Waals surface area contributed by atoms with E-state index in [1.54, 1.807) is 0 Å². The minimum atomic E-state index is -0.00724. The molecule has 2 aromatic rings. The molecule has 0 aliphatic carbocycles. The summed E-state index contributed by atoms with van der Waals surface area (Å²) in [5.41, 5.74) is 2.40. The van der Waals surface area contributed by atoms with Gasteiger partial charge in [0, 0.05) is 11.6 Å². The van der Waals surface area contributed by atoms with Gasteiger partial charge in [-0.25, -0.2) is 9.97 Å². The summed E-state index contributed by atoms with van der Waals surface area (Å²) in [6.45, 7) is 8.72. The maximum Gasteiger partial charge on any atom is 0.223 e. The van der Waals surface area contributed by atoms with E-state index in [-0.39, 0.29) is 29.7 Å². The van der Waals surface area contributed by atoms with Crippen molar-refractivity contribution < 1.29 is 9.47 Å². The Kier molecular flexibility index (Phi) is 6.13.